The van der Waals surface area contributed by atoms with Crippen molar-refractivity contribution in [2.24, 2.45) is 5.92 Å². The Hall–Kier alpha value is -1.34. The van der Waals surface area contributed by atoms with Crippen LogP contribution in [0.2, 0.25) is 19.6 Å². The van der Waals surface area contributed by atoms with Crippen LogP contribution in [0.1, 0.15) is 48.5 Å². The van der Waals surface area contributed by atoms with Crippen molar-refractivity contribution in [1.29, 1.82) is 0 Å². The highest BCUT2D eigenvalue weighted by Crippen LogP contribution is 2.35. The van der Waals surface area contributed by atoms with E-state index in [4.69, 9.17) is 13.9 Å². The molecule has 0 spiro atoms. The maximum absolute atomic E-state index is 13.0. The molecule has 1 heterocycles. The van der Waals surface area contributed by atoms with Crippen molar-refractivity contribution in [3.63, 3.8) is 0 Å². The number of carbonyl (C=O) groups excluding carboxylic acids is 2. The first kappa shape index (κ1) is 23.7. The number of hydrogen-bond acceptors (Lipinski definition) is 5. The summed E-state index contributed by atoms with van der Waals surface area (Å²) in [5.41, 5.74) is -0.453. The zero-order valence-corrected chi connectivity index (χ0v) is 19.6. The number of rotatable bonds is 4. The molecular weight excluding hydrogens is 362 g/mol. The molecule has 0 saturated carbocycles. The lowest BCUT2D eigenvalue weighted by Gasteiger charge is -2.34. The maximum Gasteiger partial charge on any atom is 0.411 e. The van der Waals surface area contributed by atoms with Crippen LogP contribution in [0.15, 0.2) is 12.2 Å². The average Bonchev–Trinajstić information content (AvgIpc) is 2.71. The Morgan fingerprint density at radius 1 is 1.00 bits per heavy atom. The summed E-state index contributed by atoms with van der Waals surface area (Å²) in [4.78, 5) is 27.3. The molecule has 1 saturated heterocycles. The number of likely N-dealkylation sites (tertiary alicyclic amines) is 1. The average molecular weight is 400 g/mol. The fourth-order valence-corrected chi connectivity index (χ4v) is 4.06. The van der Waals surface area contributed by atoms with Gasteiger partial charge in [-0.25, -0.2) is 9.59 Å². The van der Waals surface area contributed by atoms with Crippen LogP contribution >= 0.6 is 0 Å². The van der Waals surface area contributed by atoms with E-state index in [1.807, 2.05) is 27.7 Å². The molecule has 1 amide bonds. The van der Waals surface area contributed by atoms with Crippen molar-refractivity contribution in [2.75, 3.05) is 6.54 Å². The van der Waals surface area contributed by atoms with Crippen molar-refractivity contribution in [3.05, 3.63) is 12.2 Å². The third kappa shape index (κ3) is 7.29. The first-order valence-corrected chi connectivity index (χ1v) is 12.9. The van der Waals surface area contributed by atoms with Gasteiger partial charge in [0.1, 0.15) is 11.2 Å². The third-order valence-corrected chi connectivity index (χ3v) is 4.82. The zero-order chi connectivity index (χ0) is 21.4. The quantitative estimate of drug-likeness (QED) is 0.399. The van der Waals surface area contributed by atoms with Crippen LogP contribution in [0.3, 0.4) is 0 Å². The highest BCUT2D eigenvalue weighted by atomic mass is 28.4. The van der Waals surface area contributed by atoms with E-state index in [0.29, 0.717) is 6.54 Å². The van der Waals surface area contributed by atoms with Gasteiger partial charge in [0.15, 0.2) is 14.4 Å². The molecule has 0 N–H and O–H groups in total. The zero-order valence-electron chi connectivity index (χ0n) is 18.6. The monoisotopic (exact) mass is 399 g/mol. The Labute approximate surface area is 165 Å². The molecule has 7 heteroatoms. The van der Waals surface area contributed by atoms with Crippen LogP contribution in [0.5, 0.6) is 0 Å². The van der Waals surface area contributed by atoms with Crippen LogP contribution < -0.4 is 0 Å². The Morgan fingerprint density at radius 2 is 1.48 bits per heavy atom. The van der Waals surface area contributed by atoms with Gasteiger partial charge in [-0.1, -0.05) is 12.2 Å². The summed E-state index contributed by atoms with van der Waals surface area (Å²) in [6.45, 7) is 23.3. The Morgan fingerprint density at radius 3 is 1.85 bits per heavy atom. The fourth-order valence-electron chi connectivity index (χ4n) is 2.95. The lowest BCUT2D eigenvalue weighted by molar-refractivity contribution is -0.162. The van der Waals surface area contributed by atoms with Gasteiger partial charge in [0.05, 0.1) is 6.10 Å². The fraction of sp³-hybridized carbons (Fsp3) is 0.800. The molecule has 0 unspecified atom stereocenters. The van der Waals surface area contributed by atoms with Gasteiger partial charge in [-0.2, -0.15) is 0 Å². The summed E-state index contributed by atoms with van der Waals surface area (Å²) in [5, 5.41) is 0. The molecule has 0 bridgehead atoms. The SMILES string of the molecule is C=C(C)[C@H]1CN(C(=O)OC(C)(C)C)[C@H](C(=O)OC(C)(C)C)[C@@H]1O[Si](C)(C)C. The molecule has 0 aliphatic carbocycles. The summed E-state index contributed by atoms with van der Waals surface area (Å²) < 4.78 is 17.5. The van der Waals surface area contributed by atoms with Crippen LogP contribution in [-0.2, 0) is 18.7 Å². The number of amides is 1. The number of hydrogen-bond donors (Lipinski definition) is 0. The summed E-state index contributed by atoms with van der Waals surface area (Å²) in [6.07, 6.45) is -1.03. The molecule has 1 rings (SSSR count). The van der Waals surface area contributed by atoms with Crippen LogP contribution in [-0.4, -0.2) is 55.2 Å². The Balaban J connectivity index is 3.31. The van der Waals surface area contributed by atoms with E-state index in [1.54, 1.807) is 20.8 Å². The van der Waals surface area contributed by atoms with E-state index in [0.717, 1.165) is 5.57 Å². The van der Waals surface area contributed by atoms with Crippen molar-refractivity contribution >= 4 is 20.4 Å². The molecule has 3 atom stereocenters. The first-order chi connectivity index (χ1) is 11.9. The second kappa shape index (κ2) is 7.95. The predicted molar refractivity (Wildman–Crippen MR) is 109 cm³/mol. The van der Waals surface area contributed by atoms with Crippen molar-refractivity contribution in [1.82, 2.24) is 4.90 Å². The summed E-state index contributed by atoms with van der Waals surface area (Å²) in [7, 11) is -2.00. The third-order valence-electron chi connectivity index (χ3n) is 3.84. The number of esters is 1. The topological polar surface area (TPSA) is 65.1 Å². The molecule has 27 heavy (non-hydrogen) atoms. The molecule has 1 aliphatic rings. The van der Waals surface area contributed by atoms with Gasteiger partial charge >= 0.3 is 12.1 Å². The van der Waals surface area contributed by atoms with Gasteiger partial charge in [0, 0.05) is 12.5 Å². The van der Waals surface area contributed by atoms with E-state index in [2.05, 4.69) is 26.2 Å². The van der Waals surface area contributed by atoms with E-state index < -0.39 is 43.7 Å². The largest absolute Gasteiger partial charge is 0.458 e. The Kier molecular flexibility index (Phi) is 6.98. The highest BCUT2D eigenvalue weighted by Gasteiger charge is 2.52. The van der Waals surface area contributed by atoms with Crippen LogP contribution in [0, 0.1) is 5.92 Å². The molecule has 1 aliphatic heterocycles. The standard InChI is InChI=1S/C20H37NO5Si/c1-13(2)14-12-21(18(23)25-20(6,7)8)15(16(14)26-27(9,10)11)17(22)24-19(3,4)5/h14-16H,1,12H2,2-11H3/t14-,15+,16-/m1/s1. The van der Waals surface area contributed by atoms with Gasteiger partial charge in [-0.15, -0.1) is 0 Å². The summed E-state index contributed by atoms with van der Waals surface area (Å²) >= 11 is 0. The molecule has 6 nitrogen and oxygen atoms in total. The molecule has 156 valence electrons. The smallest absolute Gasteiger partial charge is 0.411 e. The van der Waals surface area contributed by atoms with Gasteiger partial charge in [-0.05, 0) is 68.1 Å². The number of nitrogens with zero attached hydrogens (tertiary/aromatic N) is 1. The molecule has 0 radical (unpaired) electrons. The van der Waals surface area contributed by atoms with Crippen LogP contribution in [0.4, 0.5) is 4.79 Å². The highest BCUT2D eigenvalue weighted by molar-refractivity contribution is 6.69. The second-order valence-electron chi connectivity index (χ2n) is 10.3. The van der Waals surface area contributed by atoms with E-state index >= 15 is 0 Å². The second-order valence-corrected chi connectivity index (χ2v) is 14.7. The summed E-state index contributed by atoms with van der Waals surface area (Å²) in [6, 6.07) is -0.854. The maximum atomic E-state index is 13.0. The number of ether oxygens (including phenoxy) is 2. The van der Waals surface area contributed by atoms with E-state index in [1.165, 1.54) is 4.90 Å². The first-order valence-electron chi connectivity index (χ1n) is 9.47. The molecular formula is C20H37NO5Si. The minimum absolute atomic E-state index is 0.151. The Bertz CT molecular complexity index is 583. The summed E-state index contributed by atoms with van der Waals surface area (Å²) in [5.74, 6) is -0.623. The minimum atomic E-state index is -2.00. The lowest BCUT2D eigenvalue weighted by atomic mass is 9.95. The van der Waals surface area contributed by atoms with Crippen molar-refractivity contribution in [3.8, 4) is 0 Å². The van der Waals surface area contributed by atoms with Gasteiger partial charge in [0.2, 0.25) is 0 Å². The van der Waals surface area contributed by atoms with Crippen molar-refractivity contribution in [2.45, 2.75) is 91.5 Å². The molecule has 0 aromatic carbocycles. The van der Waals surface area contributed by atoms with Gasteiger partial charge in [-0.3, -0.25) is 4.90 Å². The lowest BCUT2D eigenvalue weighted by Crippen LogP contribution is -2.51. The predicted octanol–water partition coefficient (Wildman–Crippen LogP) is 4.36. The normalized spacial score (nSPS) is 23.9. The molecule has 0 aromatic rings. The van der Waals surface area contributed by atoms with Gasteiger partial charge in [0.25, 0.3) is 0 Å². The molecule has 1 fully saturated rings. The van der Waals surface area contributed by atoms with Gasteiger partial charge < -0.3 is 13.9 Å². The van der Waals surface area contributed by atoms with E-state index in [-0.39, 0.29) is 5.92 Å². The minimum Gasteiger partial charge on any atom is -0.458 e. The van der Waals surface area contributed by atoms with Crippen LogP contribution in [0.25, 0.3) is 0 Å². The van der Waals surface area contributed by atoms with Crippen molar-refractivity contribution < 1.29 is 23.5 Å². The number of carbonyl (C=O) groups is 2. The molecule has 0 aromatic heterocycles. The van der Waals surface area contributed by atoms with E-state index in [9.17, 15) is 9.59 Å².